The van der Waals surface area contributed by atoms with Gasteiger partial charge in [0.25, 0.3) is 0 Å². The second-order valence-electron chi connectivity index (χ2n) is 5.96. The molecule has 1 aliphatic rings. The molecule has 1 saturated heterocycles. The summed E-state index contributed by atoms with van der Waals surface area (Å²) in [4.78, 5) is 14.2. The Kier molecular flexibility index (Phi) is 4.36. The minimum absolute atomic E-state index is 0.0531. The van der Waals surface area contributed by atoms with Crippen molar-refractivity contribution in [2.24, 2.45) is 5.41 Å². The molecule has 2 atom stereocenters. The fourth-order valence-electron chi connectivity index (χ4n) is 2.28. The standard InChI is InChI=1S/C13H26N2O/c1-6-8-10-12(16)15(9-13(3,4)5)11(7-2)14-10/h10-11,14H,6-9H2,1-5H3. The molecule has 1 rings (SSSR count). The summed E-state index contributed by atoms with van der Waals surface area (Å²) >= 11 is 0. The van der Waals surface area contributed by atoms with Crippen LogP contribution in [0.25, 0.3) is 0 Å². The van der Waals surface area contributed by atoms with E-state index in [0.717, 1.165) is 25.8 Å². The highest BCUT2D eigenvalue weighted by molar-refractivity contribution is 5.84. The fourth-order valence-corrected chi connectivity index (χ4v) is 2.28. The van der Waals surface area contributed by atoms with E-state index in [1.165, 1.54) is 0 Å². The predicted molar refractivity (Wildman–Crippen MR) is 67.1 cm³/mol. The lowest BCUT2D eigenvalue weighted by atomic mass is 9.95. The lowest BCUT2D eigenvalue weighted by Gasteiger charge is -2.30. The molecule has 3 nitrogen and oxygen atoms in total. The van der Waals surface area contributed by atoms with E-state index < -0.39 is 0 Å². The third-order valence-electron chi connectivity index (χ3n) is 2.96. The number of carbonyl (C=O) groups is 1. The number of hydrogen-bond donors (Lipinski definition) is 1. The average Bonchev–Trinajstić information content (AvgIpc) is 2.44. The van der Waals surface area contributed by atoms with Crippen LogP contribution in [0.3, 0.4) is 0 Å². The third-order valence-corrected chi connectivity index (χ3v) is 2.96. The highest BCUT2D eigenvalue weighted by Crippen LogP contribution is 2.23. The Morgan fingerprint density at radius 1 is 1.31 bits per heavy atom. The van der Waals surface area contributed by atoms with Crippen LogP contribution < -0.4 is 5.32 Å². The second-order valence-corrected chi connectivity index (χ2v) is 5.96. The quantitative estimate of drug-likeness (QED) is 0.798. The van der Waals surface area contributed by atoms with Crippen molar-refractivity contribution in [1.29, 1.82) is 0 Å². The summed E-state index contributed by atoms with van der Waals surface area (Å²) in [7, 11) is 0. The topological polar surface area (TPSA) is 32.3 Å². The number of amides is 1. The normalized spacial score (nSPS) is 26.6. The van der Waals surface area contributed by atoms with E-state index in [2.05, 4.69) is 39.9 Å². The van der Waals surface area contributed by atoms with Crippen molar-refractivity contribution >= 4 is 5.91 Å². The molecule has 1 amide bonds. The van der Waals surface area contributed by atoms with Gasteiger partial charge in [0.15, 0.2) is 0 Å². The lowest BCUT2D eigenvalue weighted by Crippen LogP contribution is -2.41. The van der Waals surface area contributed by atoms with Crippen LogP contribution in [0, 0.1) is 5.41 Å². The van der Waals surface area contributed by atoms with Gasteiger partial charge in [0.1, 0.15) is 0 Å². The zero-order valence-electron chi connectivity index (χ0n) is 11.3. The van der Waals surface area contributed by atoms with Crippen molar-refractivity contribution in [1.82, 2.24) is 10.2 Å². The maximum absolute atomic E-state index is 12.2. The Labute approximate surface area is 99.6 Å². The predicted octanol–water partition coefficient (Wildman–Crippen LogP) is 2.37. The smallest absolute Gasteiger partial charge is 0.241 e. The molecule has 0 aromatic heterocycles. The van der Waals surface area contributed by atoms with Crippen LogP contribution in [0.15, 0.2) is 0 Å². The summed E-state index contributed by atoms with van der Waals surface area (Å²) in [6.07, 6.45) is 3.24. The number of hydrogen-bond acceptors (Lipinski definition) is 2. The van der Waals surface area contributed by atoms with Crippen molar-refractivity contribution < 1.29 is 4.79 Å². The molecule has 0 saturated carbocycles. The average molecular weight is 226 g/mol. The first-order chi connectivity index (χ1) is 7.39. The SMILES string of the molecule is CCCC1NC(CC)N(CC(C)(C)C)C1=O. The van der Waals surface area contributed by atoms with E-state index in [-0.39, 0.29) is 17.6 Å². The van der Waals surface area contributed by atoms with Crippen LogP contribution in [0.1, 0.15) is 53.9 Å². The first kappa shape index (κ1) is 13.5. The van der Waals surface area contributed by atoms with Crippen molar-refractivity contribution in [2.45, 2.75) is 66.1 Å². The van der Waals surface area contributed by atoms with Gasteiger partial charge in [-0.2, -0.15) is 0 Å². The van der Waals surface area contributed by atoms with Crippen LogP contribution in [-0.2, 0) is 4.79 Å². The zero-order valence-corrected chi connectivity index (χ0v) is 11.3. The Bertz CT molecular complexity index is 245. The van der Waals surface area contributed by atoms with Crippen LogP contribution in [0.5, 0.6) is 0 Å². The molecule has 0 aromatic rings. The summed E-state index contributed by atoms with van der Waals surface area (Å²) in [5.41, 5.74) is 0.172. The van der Waals surface area contributed by atoms with E-state index in [0.29, 0.717) is 5.91 Å². The molecular weight excluding hydrogens is 200 g/mol. The minimum atomic E-state index is 0.0531. The van der Waals surface area contributed by atoms with E-state index in [1.54, 1.807) is 0 Å². The Balaban J connectivity index is 2.70. The molecule has 1 fully saturated rings. The van der Waals surface area contributed by atoms with Gasteiger partial charge < -0.3 is 4.90 Å². The van der Waals surface area contributed by atoms with Crippen molar-refractivity contribution in [2.75, 3.05) is 6.54 Å². The maximum atomic E-state index is 12.2. The monoisotopic (exact) mass is 226 g/mol. The van der Waals surface area contributed by atoms with Crippen molar-refractivity contribution in [3.63, 3.8) is 0 Å². The number of rotatable bonds is 4. The van der Waals surface area contributed by atoms with Crippen LogP contribution in [-0.4, -0.2) is 29.6 Å². The first-order valence-corrected chi connectivity index (χ1v) is 6.45. The Morgan fingerprint density at radius 3 is 2.38 bits per heavy atom. The molecule has 1 heterocycles. The molecule has 0 bridgehead atoms. The Hall–Kier alpha value is -0.570. The van der Waals surface area contributed by atoms with E-state index in [4.69, 9.17) is 0 Å². The summed E-state index contributed by atoms with van der Waals surface area (Å²) in [5, 5.41) is 3.44. The van der Waals surface area contributed by atoms with Gasteiger partial charge >= 0.3 is 0 Å². The Morgan fingerprint density at radius 2 is 1.94 bits per heavy atom. The van der Waals surface area contributed by atoms with Gasteiger partial charge in [-0.15, -0.1) is 0 Å². The lowest BCUT2D eigenvalue weighted by molar-refractivity contribution is -0.131. The number of carbonyl (C=O) groups excluding carboxylic acids is 1. The van der Waals surface area contributed by atoms with Gasteiger partial charge in [-0.05, 0) is 18.3 Å². The molecule has 94 valence electrons. The van der Waals surface area contributed by atoms with E-state index in [1.807, 2.05) is 4.90 Å². The molecule has 3 heteroatoms. The van der Waals surface area contributed by atoms with Gasteiger partial charge in [-0.3, -0.25) is 10.1 Å². The highest BCUT2D eigenvalue weighted by atomic mass is 16.2. The summed E-state index contributed by atoms with van der Waals surface area (Å²) < 4.78 is 0. The molecule has 0 aromatic carbocycles. The number of nitrogens with zero attached hydrogens (tertiary/aromatic N) is 1. The van der Waals surface area contributed by atoms with Crippen LogP contribution in [0.4, 0.5) is 0 Å². The minimum Gasteiger partial charge on any atom is -0.325 e. The van der Waals surface area contributed by atoms with Gasteiger partial charge in [0.2, 0.25) is 5.91 Å². The van der Waals surface area contributed by atoms with Crippen molar-refractivity contribution in [3.8, 4) is 0 Å². The molecule has 1 aliphatic heterocycles. The van der Waals surface area contributed by atoms with E-state index >= 15 is 0 Å². The molecular formula is C13H26N2O. The largest absolute Gasteiger partial charge is 0.325 e. The fraction of sp³-hybridized carbons (Fsp3) is 0.923. The molecule has 0 spiro atoms. The summed E-state index contributed by atoms with van der Waals surface area (Å²) in [6.45, 7) is 11.6. The van der Waals surface area contributed by atoms with Crippen molar-refractivity contribution in [3.05, 3.63) is 0 Å². The third kappa shape index (κ3) is 3.21. The van der Waals surface area contributed by atoms with Crippen LogP contribution in [0.2, 0.25) is 0 Å². The van der Waals surface area contributed by atoms with Crippen LogP contribution >= 0.6 is 0 Å². The molecule has 16 heavy (non-hydrogen) atoms. The van der Waals surface area contributed by atoms with Gasteiger partial charge in [0.05, 0.1) is 12.2 Å². The van der Waals surface area contributed by atoms with Gasteiger partial charge in [0, 0.05) is 6.54 Å². The first-order valence-electron chi connectivity index (χ1n) is 6.45. The molecule has 0 aliphatic carbocycles. The summed E-state index contributed by atoms with van der Waals surface area (Å²) in [5.74, 6) is 0.295. The second kappa shape index (κ2) is 5.17. The van der Waals surface area contributed by atoms with Gasteiger partial charge in [-0.1, -0.05) is 41.0 Å². The number of nitrogens with one attached hydrogen (secondary N) is 1. The molecule has 1 N–H and O–H groups in total. The van der Waals surface area contributed by atoms with E-state index in [9.17, 15) is 4.79 Å². The molecule has 0 radical (unpaired) electrons. The maximum Gasteiger partial charge on any atom is 0.241 e. The highest BCUT2D eigenvalue weighted by Gasteiger charge is 2.38. The summed E-state index contributed by atoms with van der Waals surface area (Å²) in [6, 6.07) is 0.0531. The van der Waals surface area contributed by atoms with Gasteiger partial charge in [-0.25, -0.2) is 0 Å². The zero-order chi connectivity index (χ0) is 12.3. The molecule has 2 unspecified atom stereocenters.